The lowest BCUT2D eigenvalue weighted by atomic mass is 10.3. The molecule has 3 aromatic rings. The van der Waals surface area contributed by atoms with Gasteiger partial charge in [-0.25, -0.2) is 9.67 Å². The Labute approximate surface area is 151 Å². The number of benzene rings is 1. The summed E-state index contributed by atoms with van der Waals surface area (Å²) in [5.74, 6) is 0.682. The van der Waals surface area contributed by atoms with Crippen molar-refractivity contribution in [2.24, 2.45) is 0 Å². The van der Waals surface area contributed by atoms with Gasteiger partial charge in [-0.2, -0.15) is 0 Å². The van der Waals surface area contributed by atoms with E-state index in [1.807, 2.05) is 41.1 Å². The summed E-state index contributed by atoms with van der Waals surface area (Å²) in [7, 11) is 0. The third kappa shape index (κ3) is 4.92. The number of nitrogens with one attached hydrogen (secondary N) is 1. The molecule has 0 saturated carbocycles. The first-order chi connectivity index (χ1) is 12.7. The molecule has 0 saturated heterocycles. The minimum atomic E-state index is -0.429. The van der Waals surface area contributed by atoms with Gasteiger partial charge in [0.1, 0.15) is 24.1 Å². The van der Waals surface area contributed by atoms with Crippen LogP contribution in [-0.4, -0.2) is 37.0 Å². The van der Waals surface area contributed by atoms with Gasteiger partial charge in [-0.15, -0.1) is 5.10 Å². The van der Waals surface area contributed by atoms with Crippen LogP contribution in [0.3, 0.4) is 0 Å². The summed E-state index contributed by atoms with van der Waals surface area (Å²) in [4.78, 5) is 16.2. The summed E-state index contributed by atoms with van der Waals surface area (Å²) in [6.07, 6.45) is 7.98. The van der Waals surface area contributed by atoms with E-state index in [1.165, 1.54) is 0 Å². The van der Waals surface area contributed by atoms with E-state index in [9.17, 15) is 4.79 Å². The van der Waals surface area contributed by atoms with Crippen LogP contribution < -0.4 is 10.1 Å². The molecule has 0 radical (unpaired) electrons. The largest absolute Gasteiger partial charge is 0.487 e. The Balaban J connectivity index is 1.42. The number of aryl methyl sites for hydroxylation is 1. The van der Waals surface area contributed by atoms with Crippen molar-refractivity contribution >= 4 is 5.91 Å². The highest BCUT2D eigenvalue weighted by atomic mass is 16.5. The molecule has 0 bridgehead atoms. The third-order valence-electron chi connectivity index (χ3n) is 3.92. The van der Waals surface area contributed by atoms with Crippen LogP contribution in [0, 0.1) is 0 Å². The van der Waals surface area contributed by atoms with Crippen molar-refractivity contribution in [1.29, 1.82) is 0 Å². The number of amides is 1. The van der Waals surface area contributed by atoms with Crippen molar-refractivity contribution in [3.63, 3.8) is 0 Å². The number of hydrogen-bond acceptors (Lipinski definition) is 5. The molecule has 8 nitrogen and oxygen atoms in total. The molecule has 0 aliphatic heterocycles. The quantitative estimate of drug-likeness (QED) is 0.592. The predicted molar refractivity (Wildman–Crippen MR) is 95.4 cm³/mol. The van der Waals surface area contributed by atoms with Gasteiger partial charge in [0.15, 0.2) is 0 Å². The molecule has 0 unspecified atom stereocenters. The standard InChI is InChI=1S/C18H22N6O2/c1-15(18(25)20-8-5-10-23-11-9-19-14-23)24-12-16(21-22-24)13-26-17-6-3-2-4-7-17/h2-4,6-7,9,11-12,14-15H,5,8,10,13H2,1H3,(H,20,25)/t15-/m1/s1. The molecule has 0 aliphatic carbocycles. The molecule has 1 aromatic carbocycles. The molecule has 1 atom stereocenters. The number of nitrogens with zero attached hydrogens (tertiary/aromatic N) is 5. The lowest BCUT2D eigenvalue weighted by molar-refractivity contribution is -0.124. The maximum atomic E-state index is 12.2. The molecular weight excluding hydrogens is 332 g/mol. The van der Waals surface area contributed by atoms with Crippen LogP contribution in [0.4, 0.5) is 0 Å². The molecular formula is C18H22N6O2. The van der Waals surface area contributed by atoms with E-state index in [0.29, 0.717) is 18.8 Å². The Morgan fingerprint density at radius 3 is 2.92 bits per heavy atom. The fourth-order valence-electron chi connectivity index (χ4n) is 2.40. The van der Waals surface area contributed by atoms with E-state index < -0.39 is 6.04 Å². The van der Waals surface area contributed by atoms with Crippen molar-refractivity contribution in [1.82, 2.24) is 29.9 Å². The Bertz CT molecular complexity index is 800. The van der Waals surface area contributed by atoms with Gasteiger partial charge in [-0.05, 0) is 25.5 Å². The highest BCUT2D eigenvalue weighted by molar-refractivity contribution is 5.79. The van der Waals surface area contributed by atoms with Gasteiger partial charge in [0.25, 0.3) is 0 Å². The van der Waals surface area contributed by atoms with Crippen molar-refractivity contribution in [2.75, 3.05) is 6.54 Å². The molecule has 1 amide bonds. The van der Waals surface area contributed by atoms with Gasteiger partial charge in [-0.3, -0.25) is 4.79 Å². The molecule has 0 fully saturated rings. The maximum Gasteiger partial charge on any atom is 0.244 e. The van der Waals surface area contributed by atoms with E-state index in [4.69, 9.17) is 4.74 Å². The van der Waals surface area contributed by atoms with Crippen LogP contribution in [0.2, 0.25) is 0 Å². The van der Waals surface area contributed by atoms with Crippen molar-refractivity contribution < 1.29 is 9.53 Å². The zero-order valence-corrected chi connectivity index (χ0v) is 14.7. The first-order valence-corrected chi connectivity index (χ1v) is 8.54. The highest BCUT2D eigenvalue weighted by Crippen LogP contribution is 2.11. The zero-order valence-electron chi connectivity index (χ0n) is 14.7. The fraction of sp³-hybridized carbons (Fsp3) is 0.333. The highest BCUT2D eigenvalue weighted by Gasteiger charge is 2.16. The van der Waals surface area contributed by atoms with E-state index in [-0.39, 0.29) is 5.91 Å². The van der Waals surface area contributed by atoms with Gasteiger partial charge in [-0.1, -0.05) is 23.4 Å². The maximum absolute atomic E-state index is 12.2. The monoisotopic (exact) mass is 354 g/mol. The molecule has 2 aromatic heterocycles. The second kappa shape index (κ2) is 8.80. The van der Waals surface area contributed by atoms with Crippen LogP contribution in [0.15, 0.2) is 55.2 Å². The summed E-state index contributed by atoms with van der Waals surface area (Å²) in [6.45, 7) is 3.52. The molecule has 0 aliphatic rings. The fourth-order valence-corrected chi connectivity index (χ4v) is 2.40. The normalized spacial score (nSPS) is 11.9. The average Bonchev–Trinajstić information content (AvgIpc) is 3.35. The Hall–Kier alpha value is -3.16. The minimum absolute atomic E-state index is 0.0870. The lowest BCUT2D eigenvalue weighted by Crippen LogP contribution is -2.32. The van der Waals surface area contributed by atoms with E-state index in [0.717, 1.165) is 18.7 Å². The van der Waals surface area contributed by atoms with Crippen LogP contribution >= 0.6 is 0 Å². The van der Waals surface area contributed by atoms with E-state index >= 15 is 0 Å². The second-order valence-electron chi connectivity index (χ2n) is 5.91. The first-order valence-electron chi connectivity index (χ1n) is 8.54. The number of ether oxygens (including phenoxy) is 1. The Morgan fingerprint density at radius 1 is 1.31 bits per heavy atom. The molecule has 0 spiro atoms. The van der Waals surface area contributed by atoms with Gasteiger partial charge in [0.05, 0.1) is 12.5 Å². The van der Waals surface area contributed by atoms with Crippen molar-refractivity contribution in [3.05, 3.63) is 60.9 Å². The smallest absolute Gasteiger partial charge is 0.244 e. The van der Waals surface area contributed by atoms with Crippen LogP contribution in [0.5, 0.6) is 5.75 Å². The average molecular weight is 354 g/mol. The molecule has 8 heteroatoms. The number of rotatable bonds is 9. The topological polar surface area (TPSA) is 86.9 Å². The zero-order chi connectivity index (χ0) is 18.2. The van der Waals surface area contributed by atoms with Crippen LogP contribution in [0.1, 0.15) is 25.1 Å². The summed E-state index contributed by atoms with van der Waals surface area (Å²) in [5, 5.41) is 11.0. The van der Waals surface area contributed by atoms with E-state index in [2.05, 4.69) is 20.6 Å². The van der Waals surface area contributed by atoms with Crippen LogP contribution in [0.25, 0.3) is 0 Å². The summed E-state index contributed by atoms with van der Waals surface area (Å²) in [6, 6.07) is 9.07. The Morgan fingerprint density at radius 2 is 2.15 bits per heavy atom. The number of para-hydroxylation sites is 1. The van der Waals surface area contributed by atoms with Gasteiger partial charge in [0, 0.05) is 25.5 Å². The molecule has 2 heterocycles. The van der Waals surface area contributed by atoms with Crippen molar-refractivity contribution in [3.8, 4) is 5.75 Å². The van der Waals surface area contributed by atoms with E-state index in [1.54, 1.807) is 30.3 Å². The number of hydrogen-bond donors (Lipinski definition) is 1. The number of imidazole rings is 1. The molecule has 26 heavy (non-hydrogen) atoms. The van der Waals surface area contributed by atoms with Crippen molar-refractivity contribution in [2.45, 2.75) is 32.5 Å². The number of aromatic nitrogens is 5. The first kappa shape index (κ1) is 17.7. The molecule has 3 rings (SSSR count). The summed E-state index contributed by atoms with van der Waals surface area (Å²) < 4.78 is 9.17. The second-order valence-corrected chi connectivity index (χ2v) is 5.91. The summed E-state index contributed by atoms with van der Waals surface area (Å²) in [5.41, 5.74) is 0.675. The minimum Gasteiger partial charge on any atom is -0.487 e. The Kier molecular flexibility index (Phi) is 5.97. The number of carbonyl (C=O) groups is 1. The lowest BCUT2D eigenvalue weighted by Gasteiger charge is -2.12. The van der Waals surface area contributed by atoms with Gasteiger partial charge < -0.3 is 14.6 Å². The number of carbonyl (C=O) groups excluding carboxylic acids is 1. The SMILES string of the molecule is C[C@H](C(=O)NCCCn1ccnc1)n1cc(COc2ccccc2)nn1. The molecule has 1 N–H and O–H groups in total. The van der Waals surface area contributed by atoms with Gasteiger partial charge in [0.2, 0.25) is 5.91 Å². The molecule has 136 valence electrons. The van der Waals surface area contributed by atoms with Crippen LogP contribution in [-0.2, 0) is 17.9 Å². The third-order valence-corrected chi connectivity index (χ3v) is 3.92. The predicted octanol–water partition coefficient (Wildman–Crippen LogP) is 1.82. The summed E-state index contributed by atoms with van der Waals surface area (Å²) >= 11 is 0. The van der Waals surface area contributed by atoms with Gasteiger partial charge >= 0.3 is 0 Å².